The Balaban J connectivity index is 1.32. The Morgan fingerprint density at radius 1 is 1.44 bits per heavy atom. The van der Waals surface area contributed by atoms with Gasteiger partial charge in [0.2, 0.25) is 5.89 Å². The molecule has 0 amide bonds. The van der Waals surface area contributed by atoms with Gasteiger partial charge in [0.15, 0.2) is 5.82 Å². The molecule has 0 bridgehead atoms. The number of likely N-dealkylation sites (tertiary alicyclic amines) is 1. The molecule has 7 heteroatoms. The lowest BCUT2D eigenvalue weighted by atomic mass is 10.1. The molecule has 1 saturated carbocycles. The Morgan fingerprint density at radius 3 is 3.12 bits per heavy atom. The molecule has 1 aliphatic carbocycles. The van der Waals surface area contributed by atoms with Gasteiger partial charge in [-0.3, -0.25) is 4.90 Å². The topological polar surface area (TPSA) is 90.9 Å². The van der Waals surface area contributed by atoms with Crippen molar-refractivity contribution in [2.75, 3.05) is 25.0 Å². The van der Waals surface area contributed by atoms with E-state index in [-0.39, 0.29) is 6.04 Å². The Bertz CT molecular complexity index is 778. The maximum absolute atomic E-state index is 9.14. The largest absolute Gasteiger partial charge is 0.369 e. The second kappa shape index (κ2) is 6.81. The first kappa shape index (κ1) is 16.0. The van der Waals surface area contributed by atoms with Crippen LogP contribution in [0.15, 0.2) is 22.9 Å². The minimum atomic E-state index is 0.148. The maximum Gasteiger partial charge on any atom is 0.243 e. The number of pyridine rings is 1. The standard InChI is InChI=1S/C18H22N6O/c1-12(18-22-17(23-25-18)14-4-5-14)24-8-6-13(11-24)10-21-16-15(9-19)3-2-7-20-16/h2-3,7,12-14H,4-6,8,10-11H2,1H3,(H,20,21)/t12-,13-/m0/s1. The molecule has 1 N–H and O–H groups in total. The Hall–Kier alpha value is -2.46. The second-order valence-corrected chi connectivity index (χ2v) is 6.98. The van der Waals surface area contributed by atoms with Gasteiger partial charge < -0.3 is 9.84 Å². The molecule has 2 atom stereocenters. The average molecular weight is 338 g/mol. The van der Waals surface area contributed by atoms with Crippen LogP contribution in [-0.4, -0.2) is 39.7 Å². The van der Waals surface area contributed by atoms with E-state index in [1.54, 1.807) is 18.3 Å². The Kier molecular flexibility index (Phi) is 4.36. The molecule has 1 aliphatic heterocycles. The molecule has 0 unspecified atom stereocenters. The van der Waals surface area contributed by atoms with Crippen molar-refractivity contribution in [3.05, 3.63) is 35.6 Å². The van der Waals surface area contributed by atoms with Gasteiger partial charge in [-0.05, 0) is 50.8 Å². The van der Waals surface area contributed by atoms with Crippen molar-refractivity contribution in [1.29, 1.82) is 5.26 Å². The molecule has 130 valence electrons. The lowest BCUT2D eigenvalue weighted by Gasteiger charge is -2.21. The Labute approximate surface area is 147 Å². The number of nitriles is 1. The summed E-state index contributed by atoms with van der Waals surface area (Å²) in [5.74, 6) is 3.31. The van der Waals surface area contributed by atoms with E-state index in [0.717, 1.165) is 37.8 Å². The van der Waals surface area contributed by atoms with Crippen molar-refractivity contribution < 1.29 is 4.52 Å². The van der Waals surface area contributed by atoms with E-state index in [9.17, 15) is 0 Å². The van der Waals surface area contributed by atoms with Crippen molar-refractivity contribution >= 4 is 5.82 Å². The number of anilines is 1. The molecule has 0 spiro atoms. The molecule has 2 aliphatic rings. The maximum atomic E-state index is 9.14. The van der Waals surface area contributed by atoms with E-state index in [2.05, 4.69) is 38.3 Å². The summed E-state index contributed by atoms with van der Waals surface area (Å²) in [6.07, 6.45) is 5.18. The zero-order chi connectivity index (χ0) is 17.2. The van der Waals surface area contributed by atoms with Gasteiger partial charge in [0, 0.05) is 25.2 Å². The van der Waals surface area contributed by atoms with Crippen LogP contribution in [0, 0.1) is 17.2 Å². The summed E-state index contributed by atoms with van der Waals surface area (Å²) in [6.45, 7) is 4.94. The van der Waals surface area contributed by atoms with E-state index in [0.29, 0.717) is 23.2 Å². The summed E-state index contributed by atoms with van der Waals surface area (Å²) >= 11 is 0. The molecule has 25 heavy (non-hydrogen) atoms. The molecule has 2 fully saturated rings. The van der Waals surface area contributed by atoms with E-state index >= 15 is 0 Å². The molecular formula is C18H22N6O. The van der Waals surface area contributed by atoms with Gasteiger partial charge in [-0.15, -0.1) is 0 Å². The van der Waals surface area contributed by atoms with Gasteiger partial charge in [0.25, 0.3) is 0 Å². The van der Waals surface area contributed by atoms with E-state index in [1.165, 1.54) is 12.8 Å². The summed E-state index contributed by atoms with van der Waals surface area (Å²) in [6, 6.07) is 5.88. The molecule has 2 aromatic rings. The van der Waals surface area contributed by atoms with Crippen molar-refractivity contribution in [3.63, 3.8) is 0 Å². The molecule has 2 aromatic heterocycles. The summed E-state index contributed by atoms with van der Waals surface area (Å²) in [7, 11) is 0. The van der Waals surface area contributed by atoms with Crippen LogP contribution >= 0.6 is 0 Å². The van der Waals surface area contributed by atoms with Crippen molar-refractivity contribution in [2.45, 2.75) is 38.1 Å². The first-order valence-electron chi connectivity index (χ1n) is 8.91. The van der Waals surface area contributed by atoms with Gasteiger partial charge in [-0.1, -0.05) is 5.16 Å². The smallest absolute Gasteiger partial charge is 0.243 e. The number of nitrogens with zero attached hydrogens (tertiary/aromatic N) is 5. The van der Waals surface area contributed by atoms with Crippen LogP contribution in [0.25, 0.3) is 0 Å². The van der Waals surface area contributed by atoms with Gasteiger partial charge in [-0.25, -0.2) is 4.98 Å². The van der Waals surface area contributed by atoms with Gasteiger partial charge in [-0.2, -0.15) is 10.2 Å². The van der Waals surface area contributed by atoms with Crippen molar-refractivity contribution in [3.8, 4) is 6.07 Å². The monoisotopic (exact) mass is 338 g/mol. The third kappa shape index (κ3) is 3.49. The third-order valence-corrected chi connectivity index (χ3v) is 5.11. The van der Waals surface area contributed by atoms with E-state index in [4.69, 9.17) is 9.78 Å². The van der Waals surface area contributed by atoms with Crippen LogP contribution in [0.2, 0.25) is 0 Å². The van der Waals surface area contributed by atoms with E-state index < -0.39 is 0 Å². The molecule has 3 heterocycles. The van der Waals surface area contributed by atoms with Crippen LogP contribution in [0.3, 0.4) is 0 Å². The van der Waals surface area contributed by atoms with Gasteiger partial charge in [0.05, 0.1) is 11.6 Å². The van der Waals surface area contributed by atoms with Crippen LogP contribution in [0.5, 0.6) is 0 Å². The lowest BCUT2D eigenvalue weighted by molar-refractivity contribution is 0.203. The molecule has 0 aromatic carbocycles. The first-order chi connectivity index (χ1) is 12.2. The number of nitrogens with one attached hydrogen (secondary N) is 1. The fourth-order valence-corrected chi connectivity index (χ4v) is 3.34. The zero-order valence-corrected chi connectivity index (χ0v) is 14.4. The van der Waals surface area contributed by atoms with Crippen molar-refractivity contribution in [1.82, 2.24) is 20.0 Å². The minimum absolute atomic E-state index is 0.148. The van der Waals surface area contributed by atoms with Crippen molar-refractivity contribution in [2.24, 2.45) is 5.92 Å². The highest BCUT2D eigenvalue weighted by Crippen LogP contribution is 2.39. The summed E-state index contributed by atoms with van der Waals surface area (Å²) < 4.78 is 5.47. The fourth-order valence-electron chi connectivity index (χ4n) is 3.34. The quantitative estimate of drug-likeness (QED) is 0.866. The highest BCUT2D eigenvalue weighted by Gasteiger charge is 2.33. The number of rotatable bonds is 6. The number of hydrogen-bond donors (Lipinski definition) is 1. The number of aromatic nitrogens is 3. The normalized spacial score (nSPS) is 21.8. The summed E-state index contributed by atoms with van der Waals surface area (Å²) in [4.78, 5) is 11.2. The predicted molar refractivity (Wildman–Crippen MR) is 91.8 cm³/mol. The van der Waals surface area contributed by atoms with Crippen LogP contribution in [-0.2, 0) is 0 Å². The lowest BCUT2D eigenvalue weighted by Crippen LogP contribution is -2.26. The molecule has 1 saturated heterocycles. The molecule has 7 nitrogen and oxygen atoms in total. The fraction of sp³-hybridized carbons (Fsp3) is 0.556. The zero-order valence-electron chi connectivity index (χ0n) is 14.4. The van der Waals surface area contributed by atoms with Crippen LogP contribution in [0.1, 0.15) is 55.4 Å². The second-order valence-electron chi connectivity index (χ2n) is 6.98. The third-order valence-electron chi connectivity index (χ3n) is 5.11. The van der Waals surface area contributed by atoms with Gasteiger partial charge >= 0.3 is 0 Å². The van der Waals surface area contributed by atoms with Crippen LogP contribution in [0.4, 0.5) is 5.82 Å². The number of hydrogen-bond acceptors (Lipinski definition) is 7. The highest BCUT2D eigenvalue weighted by molar-refractivity contribution is 5.51. The Morgan fingerprint density at radius 2 is 2.32 bits per heavy atom. The summed E-state index contributed by atoms with van der Waals surface area (Å²) in [5.41, 5.74) is 0.587. The summed E-state index contributed by atoms with van der Waals surface area (Å²) in [5, 5.41) is 16.6. The molecule has 0 radical (unpaired) electrons. The minimum Gasteiger partial charge on any atom is -0.369 e. The highest BCUT2D eigenvalue weighted by atomic mass is 16.5. The van der Waals surface area contributed by atoms with Crippen LogP contribution < -0.4 is 5.32 Å². The SMILES string of the molecule is C[C@@H](c1nc(C2CC2)no1)N1CC[C@@H](CNc2ncccc2C#N)C1. The average Bonchev–Trinajstić information content (AvgIpc) is 3.19. The molecule has 4 rings (SSSR count). The predicted octanol–water partition coefficient (Wildman–Crippen LogP) is 2.71. The van der Waals surface area contributed by atoms with E-state index in [1.807, 2.05) is 0 Å². The molecular weight excluding hydrogens is 316 g/mol. The first-order valence-corrected chi connectivity index (χ1v) is 8.91. The van der Waals surface area contributed by atoms with Gasteiger partial charge in [0.1, 0.15) is 11.9 Å².